The lowest BCUT2D eigenvalue weighted by Gasteiger charge is -2.18. The number of nitrogens with one attached hydrogen (secondary N) is 1. The predicted molar refractivity (Wildman–Crippen MR) is 97.3 cm³/mol. The van der Waals surface area contributed by atoms with Crippen molar-refractivity contribution < 1.29 is 9.59 Å². The minimum absolute atomic E-state index is 0.0578. The van der Waals surface area contributed by atoms with Crippen molar-refractivity contribution in [1.82, 2.24) is 4.90 Å². The van der Waals surface area contributed by atoms with Gasteiger partial charge in [0.1, 0.15) is 0 Å². The fourth-order valence-corrected chi connectivity index (χ4v) is 3.53. The molecular formula is C18H21N3O2S. The number of benzene rings is 1. The third-order valence-corrected chi connectivity index (χ3v) is 4.69. The summed E-state index contributed by atoms with van der Waals surface area (Å²) in [5.41, 5.74) is 2.79. The van der Waals surface area contributed by atoms with Crippen LogP contribution in [-0.2, 0) is 16.1 Å². The molecule has 24 heavy (non-hydrogen) atoms. The van der Waals surface area contributed by atoms with E-state index in [1.807, 2.05) is 41.6 Å². The lowest BCUT2D eigenvalue weighted by Crippen LogP contribution is -2.30. The molecule has 1 aromatic carbocycles. The maximum atomic E-state index is 12.2. The number of anilines is 2. The van der Waals surface area contributed by atoms with Crippen LogP contribution in [0.5, 0.6) is 0 Å². The highest BCUT2D eigenvalue weighted by Crippen LogP contribution is 2.24. The first-order chi connectivity index (χ1) is 11.6. The molecule has 0 radical (unpaired) electrons. The lowest BCUT2D eigenvalue weighted by molar-refractivity contribution is -0.117. The Morgan fingerprint density at radius 2 is 2.25 bits per heavy atom. The van der Waals surface area contributed by atoms with E-state index >= 15 is 0 Å². The minimum atomic E-state index is -0.0578. The maximum Gasteiger partial charge on any atom is 0.238 e. The second kappa shape index (κ2) is 7.59. The predicted octanol–water partition coefficient (Wildman–Crippen LogP) is 2.95. The summed E-state index contributed by atoms with van der Waals surface area (Å²) in [4.78, 5) is 27.8. The molecule has 3 rings (SSSR count). The van der Waals surface area contributed by atoms with Crippen LogP contribution in [0.1, 0.15) is 18.4 Å². The van der Waals surface area contributed by atoms with Crippen molar-refractivity contribution in [2.24, 2.45) is 0 Å². The van der Waals surface area contributed by atoms with Crippen LogP contribution >= 0.6 is 11.3 Å². The van der Waals surface area contributed by atoms with Gasteiger partial charge in [0.05, 0.1) is 6.54 Å². The number of carbonyl (C=O) groups is 2. The number of thiophene rings is 1. The van der Waals surface area contributed by atoms with Gasteiger partial charge in [0.25, 0.3) is 0 Å². The Bertz CT molecular complexity index is 715. The van der Waals surface area contributed by atoms with Crippen LogP contribution in [0.2, 0.25) is 0 Å². The molecule has 2 amide bonds. The largest absolute Gasteiger partial charge is 0.325 e. The molecule has 0 spiro atoms. The molecule has 1 N–H and O–H groups in total. The summed E-state index contributed by atoms with van der Waals surface area (Å²) in [5, 5.41) is 7.04. The number of hydrogen-bond acceptors (Lipinski definition) is 4. The minimum Gasteiger partial charge on any atom is -0.325 e. The van der Waals surface area contributed by atoms with E-state index in [1.165, 1.54) is 5.56 Å². The normalized spacial score (nSPS) is 14.4. The van der Waals surface area contributed by atoms with Gasteiger partial charge in [-0.05, 0) is 54.1 Å². The van der Waals surface area contributed by atoms with Gasteiger partial charge in [-0.3, -0.25) is 14.5 Å². The molecule has 2 aromatic rings. The maximum absolute atomic E-state index is 12.2. The number of nitrogens with zero attached hydrogens (tertiary/aromatic N) is 2. The van der Waals surface area contributed by atoms with Gasteiger partial charge in [-0.25, -0.2) is 0 Å². The van der Waals surface area contributed by atoms with Gasteiger partial charge in [0, 0.05) is 30.9 Å². The van der Waals surface area contributed by atoms with E-state index in [4.69, 9.17) is 0 Å². The second-order valence-electron chi connectivity index (χ2n) is 6.05. The molecular weight excluding hydrogens is 322 g/mol. The molecule has 0 atom stereocenters. The van der Waals surface area contributed by atoms with Crippen LogP contribution in [0.25, 0.3) is 0 Å². The Hall–Kier alpha value is -2.18. The first-order valence-electron chi connectivity index (χ1n) is 8.02. The summed E-state index contributed by atoms with van der Waals surface area (Å²) in [6.45, 7) is 1.82. The van der Waals surface area contributed by atoms with Gasteiger partial charge < -0.3 is 10.2 Å². The zero-order valence-corrected chi connectivity index (χ0v) is 14.5. The molecule has 0 unspecified atom stereocenters. The van der Waals surface area contributed by atoms with Crippen LogP contribution < -0.4 is 10.2 Å². The van der Waals surface area contributed by atoms with E-state index in [1.54, 1.807) is 16.2 Å². The Balaban J connectivity index is 1.57. The van der Waals surface area contributed by atoms with E-state index in [-0.39, 0.29) is 11.8 Å². The molecule has 5 nitrogen and oxygen atoms in total. The summed E-state index contributed by atoms with van der Waals surface area (Å²) in [5.74, 6) is 0.0894. The topological polar surface area (TPSA) is 52.7 Å². The second-order valence-corrected chi connectivity index (χ2v) is 6.83. The number of hydrogen-bond donors (Lipinski definition) is 1. The number of amides is 2. The molecule has 0 bridgehead atoms. The molecule has 1 aliphatic heterocycles. The quantitative estimate of drug-likeness (QED) is 0.877. The van der Waals surface area contributed by atoms with Gasteiger partial charge in [-0.15, -0.1) is 0 Å². The molecule has 2 heterocycles. The Labute approximate surface area is 145 Å². The van der Waals surface area contributed by atoms with Gasteiger partial charge in [0.2, 0.25) is 11.8 Å². The van der Waals surface area contributed by atoms with E-state index in [0.29, 0.717) is 13.0 Å². The monoisotopic (exact) mass is 343 g/mol. The van der Waals surface area contributed by atoms with Gasteiger partial charge in [-0.2, -0.15) is 11.3 Å². The van der Waals surface area contributed by atoms with E-state index < -0.39 is 0 Å². The fourth-order valence-electron chi connectivity index (χ4n) is 2.87. The van der Waals surface area contributed by atoms with Crippen molar-refractivity contribution in [1.29, 1.82) is 0 Å². The van der Waals surface area contributed by atoms with Crippen LogP contribution in [0.15, 0.2) is 41.1 Å². The SMILES string of the molecule is CN(CC(=O)Nc1cccc(N2CCCC2=O)c1)Cc1ccsc1. The smallest absolute Gasteiger partial charge is 0.238 e. The van der Waals surface area contributed by atoms with Crippen molar-refractivity contribution >= 4 is 34.5 Å². The fraction of sp³-hybridized carbons (Fsp3) is 0.333. The highest BCUT2D eigenvalue weighted by Gasteiger charge is 2.21. The zero-order valence-electron chi connectivity index (χ0n) is 13.7. The Kier molecular flexibility index (Phi) is 5.27. The highest BCUT2D eigenvalue weighted by molar-refractivity contribution is 7.07. The summed E-state index contributed by atoms with van der Waals surface area (Å²) in [6, 6.07) is 9.55. The lowest BCUT2D eigenvalue weighted by atomic mass is 10.2. The molecule has 1 saturated heterocycles. The van der Waals surface area contributed by atoms with Crippen molar-refractivity contribution in [3.63, 3.8) is 0 Å². The molecule has 1 aromatic heterocycles. The molecule has 6 heteroatoms. The van der Waals surface area contributed by atoms with Gasteiger partial charge in [-0.1, -0.05) is 6.07 Å². The average Bonchev–Trinajstić information content (AvgIpc) is 3.18. The summed E-state index contributed by atoms with van der Waals surface area (Å²) in [7, 11) is 1.93. The third kappa shape index (κ3) is 4.21. The van der Waals surface area contributed by atoms with E-state index in [0.717, 1.165) is 30.9 Å². The number of rotatable bonds is 6. The molecule has 1 fully saturated rings. The van der Waals surface area contributed by atoms with Crippen molar-refractivity contribution in [3.05, 3.63) is 46.7 Å². The van der Waals surface area contributed by atoms with E-state index in [2.05, 4.69) is 16.8 Å². The van der Waals surface area contributed by atoms with Crippen LogP contribution in [0.4, 0.5) is 11.4 Å². The summed E-state index contributed by atoms with van der Waals surface area (Å²) < 4.78 is 0. The Morgan fingerprint density at radius 3 is 2.96 bits per heavy atom. The zero-order chi connectivity index (χ0) is 16.9. The summed E-state index contributed by atoms with van der Waals surface area (Å²) in [6.07, 6.45) is 1.49. The van der Waals surface area contributed by atoms with Crippen molar-refractivity contribution in [2.75, 3.05) is 30.4 Å². The molecule has 0 saturated carbocycles. The highest BCUT2D eigenvalue weighted by atomic mass is 32.1. The van der Waals surface area contributed by atoms with Crippen LogP contribution in [-0.4, -0.2) is 36.9 Å². The first-order valence-corrected chi connectivity index (χ1v) is 8.96. The number of carbonyl (C=O) groups excluding carboxylic acids is 2. The molecule has 126 valence electrons. The standard InChI is InChI=1S/C18H21N3O2S/c1-20(11-14-7-9-24-13-14)12-17(22)19-15-4-2-5-16(10-15)21-8-3-6-18(21)23/h2,4-5,7,9-10,13H,3,6,8,11-12H2,1H3,(H,19,22). The van der Waals surface area contributed by atoms with Gasteiger partial charge in [0.15, 0.2) is 0 Å². The molecule has 1 aliphatic rings. The average molecular weight is 343 g/mol. The first kappa shape index (κ1) is 16.7. The van der Waals surface area contributed by atoms with Crippen molar-refractivity contribution in [2.45, 2.75) is 19.4 Å². The summed E-state index contributed by atoms with van der Waals surface area (Å²) >= 11 is 1.66. The van der Waals surface area contributed by atoms with Crippen LogP contribution in [0, 0.1) is 0 Å². The van der Waals surface area contributed by atoms with Gasteiger partial charge >= 0.3 is 0 Å². The third-order valence-electron chi connectivity index (χ3n) is 3.96. The Morgan fingerprint density at radius 1 is 1.38 bits per heavy atom. The number of likely N-dealkylation sites (N-methyl/N-ethyl adjacent to an activating group) is 1. The van der Waals surface area contributed by atoms with Crippen molar-refractivity contribution in [3.8, 4) is 0 Å². The van der Waals surface area contributed by atoms with E-state index in [9.17, 15) is 9.59 Å². The van der Waals surface area contributed by atoms with Crippen LogP contribution in [0.3, 0.4) is 0 Å². The molecule has 0 aliphatic carbocycles.